The van der Waals surface area contributed by atoms with E-state index in [1.165, 1.54) is 6.07 Å². The van der Waals surface area contributed by atoms with Crippen LogP contribution in [0.5, 0.6) is 5.75 Å². The summed E-state index contributed by atoms with van der Waals surface area (Å²) in [4.78, 5) is 12.0. The molecule has 7 heteroatoms. The molecule has 1 amide bonds. The number of phenolic OH excluding ortho intramolecular Hbond substituents is 1. The van der Waals surface area contributed by atoms with Crippen LogP contribution < -0.4 is 5.32 Å². The van der Waals surface area contributed by atoms with Crippen molar-refractivity contribution in [3.05, 3.63) is 40.6 Å². The molecular formula is C15H18ClN3O3. The summed E-state index contributed by atoms with van der Waals surface area (Å²) < 4.78 is 5.50. The van der Waals surface area contributed by atoms with E-state index in [2.05, 4.69) is 15.5 Å². The van der Waals surface area contributed by atoms with E-state index < -0.39 is 0 Å². The average molecular weight is 324 g/mol. The lowest BCUT2D eigenvalue weighted by molar-refractivity contribution is -0.121. The second kappa shape index (κ2) is 6.79. The molecule has 6 nitrogen and oxygen atoms in total. The average Bonchev–Trinajstić information content (AvgIpc) is 2.93. The number of hydrogen-bond acceptors (Lipinski definition) is 5. The molecule has 22 heavy (non-hydrogen) atoms. The predicted octanol–water partition coefficient (Wildman–Crippen LogP) is 2.97. The zero-order valence-corrected chi connectivity index (χ0v) is 13.4. The molecule has 2 aromatic rings. The van der Waals surface area contributed by atoms with Crippen LogP contribution in [0.2, 0.25) is 5.02 Å². The lowest BCUT2D eigenvalue weighted by Crippen LogP contribution is -2.28. The third-order valence-electron chi connectivity index (χ3n) is 3.07. The van der Waals surface area contributed by atoms with Crippen LogP contribution in [0.4, 0.5) is 0 Å². The molecule has 1 aromatic carbocycles. The van der Waals surface area contributed by atoms with E-state index in [9.17, 15) is 9.90 Å². The molecule has 2 rings (SSSR count). The van der Waals surface area contributed by atoms with Crippen LogP contribution in [0.1, 0.15) is 50.1 Å². The van der Waals surface area contributed by atoms with Crippen molar-refractivity contribution in [2.45, 2.75) is 39.2 Å². The number of carbonyl (C=O) groups is 1. The first kappa shape index (κ1) is 16.3. The van der Waals surface area contributed by atoms with Crippen molar-refractivity contribution in [2.75, 3.05) is 0 Å². The van der Waals surface area contributed by atoms with Crippen LogP contribution >= 0.6 is 11.6 Å². The summed E-state index contributed by atoms with van der Waals surface area (Å²) in [7, 11) is 0. The molecule has 2 N–H and O–H groups in total. The Labute approximate surface area is 133 Å². The van der Waals surface area contributed by atoms with Gasteiger partial charge >= 0.3 is 0 Å². The number of nitrogens with zero attached hydrogens (tertiary/aromatic N) is 2. The molecule has 0 aliphatic rings. The van der Waals surface area contributed by atoms with Crippen molar-refractivity contribution in [3.8, 4) is 5.75 Å². The number of phenols is 1. The Morgan fingerprint density at radius 1 is 1.32 bits per heavy atom. The van der Waals surface area contributed by atoms with E-state index in [1.54, 1.807) is 19.1 Å². The van der Waals surface area contributed by atoms with Gasteiger partial charge in [0.1, 0.15) is 11.8 Å². The molecule has 0 spiro atoms. The number of benzene rings is 1. The molecule has 1 unspecified atom stereocenters. The van der Waals surface area contributed by atoms with Crippen LogP contribution in [0.15, 0.2) is 22.6 Å². The summed E-state index contributed by atoms with van der Waals surface area (Å²) >= 11 is 5.82. The molecule has 0 saturated carbocycles. The third-order valence-corrected chi connectivity index (χ3v) is 3.38. The Hall–Kier alpha value is -2.08. The van der Waals surface area contributed by atoms with Gasteiger partial charge in [0, 0.05) is 5.92 Å². The molecule has 118 valence electrons. The van der Waals surface area contributed by atoms with Gasteiger partial charge in [-0.25, -0.2) is 0 Å². The SMILES string of the molecule is CC(C)c1nnc(C(C)NC(=O)Cc2ccc(O)c(Cl)c2)o1. The smallest absolute Gasteiger partial charge is 0.238 e. The molecule has 1 heterocycles. The first-order chi connectivity index (χ1) is 10.4. The van der Waals surface area contributed by atoms with E-state index in [0.717, 1.165) is 0 Å². The fourth-order valence-corrected chi connectivity index (χ4v) is 2.06. The monoisotopic (exact) mass is 323 g/mol. The van der Waals surface area contributed by atoms with Gasteiger partial charge in [-0.1, -0.05) is 31.5 Å². The van der Waals surface area contributed by atoms with Crippen molar-refractivity contribution < 1.29 is 14.3 Å². The van der Waals surface area contributed by atoms with Gasteiger partial charge in [0.25, 0.3) is 0 Å². The van der Waals surface area contributed by atoms with Crippen LogP contribution in [0, 0.1) is 0 Å². The second-order valence-corrected chi connectivity index (χ2v) is 5.79. The van der Waals surface area contributed by atoms with Crippen molar-refractivity contribution in [1.82, 2.24) is 15.5 Å². The van der Waals surface area contributed by atoms with Gasteiger partial charge in [-0.05, 0) is 24.6 Å². The minimum Gasteiger partial charge on any atom is -0.506 e. The van der Waals surface area contributed by atoms with Gasteiger partial charge in [-0.3, -0.25) is 4.79 Å². The molecular weight excluding hydrogens is 306 g/mol. The minimum atomic E-state index is -0.375. The van der Waals surface area contributed by atoms with Gasteiger partial charge in [-0.2, -0.15) is 0 Å². The summed E-state index contributed by atoms with van der Waals surface area (Å²) in [6.45, 7) is 5.68. The number of amides is 1. The largest absolute Gasteiger partial charge is 0.506 e. The Kier molecular flexibility index (Phi) is 5.03. The Bertz CT molecular complexity index is 670. The number of nitrogens with one attached hydrogen (secondary N) is 1. The summed E-state index contributed by atoms with van der Waals surface area (Å²) in [6.07, 6.45) is 0.148. The molecule has 0 fully saturated rings. The van der Waals surface area contributed by atoms with E-state index >= 15 is 0 Å². The molecule has 0 aliphatic carbocycles. The van der Waals surface area contributed by atoms with Gasteiger partial charge in [0.05, 0.1) is 11.4 Å². The number of aromatic nitrogens is 2. The summed E-state index contributed by atoms with van der Waals surface area (Å²) in [5.74, 6) is 0.857. The van der Waals surface area contributed by atoms with E-state index in [-0.39, 0.29) is 35.1 Å². The maximum absolute atomic E-state index is 12.0. The van der Waals surface area contributed by atoms with Gasteiger partial charge in [0.15, 0.2) is 0 Å². The van der Waals surface area contributed by atoms with Crippen molar-refractivity contribution in [3.63, 3.8) is 0 Å². The van der Waals surface area contributed by atoms with Gasteiger partial charge < -0.3 is 14.8 Å². The highest BCUT2D eigenvalue weighted by Gasteiger charge is 2.17. The molecule has 0 radical (unpaired) electrons. The number of hydrogen-bond donors (Lipinski definition) is 2. The van der Waals surface area contributed by atoms with E-state index in [4.69, 9.17) is 16.0 Å². The first-order valence-electron chi connectivity index (χ1n) is 6.97. The number of carbonyl (C=O) groups excluding carboxylic acids is 1. The quantitative estimate of drug-likeness (QED) is 0.883. The Morgan fingerprint density at radius 3 is 2.59 bits per heavy atom. The molecule has 0 bridgehead atoms. The molecule has 0 aliphatic heterocycles. The van der Waals surface area contributed by atoms with Gasteiger partial charge in [-0.15, -0.1) is 10.2 Å². The normalized spacial score (nSPS) is 12.4. The van der Waals surface area contributed by atoms with Gasteiger partial charge in [0.2, 0.25) is 17.7 Å². The lowest BCUT2D eigenvalue weighted by atomic mass is 10.1. The second-order valence-electron chi connectivity index (χ2n) is 5.38. The molecule has 0 saturated heterocycles. The fraction of sp³-hybridized carbons (Fsp3) is 0.400. The number of rotatable bonds is 5. The maximum atomic E-state index is 12.0. The van der Waals surface area contributed by atoms with Crippen LogP contribution in [0.3, 0.4) is 0 Å². The summed E-state index contributed by atoms with van der Waals surface area (Å²) in [6, 6.07) is 4.29. The Balaban J connectivity index is 1.96. The third kappa shape index (κ3) is 3.98. The van der Waals surface area contributed by atoms with Crippen LogP contribution in [0.25, 0.3) is 0 Å². The van der Waals surface area contributed by atoms with Crippen LogP contribution in [-0.4, -0.2) is 21.2 Å². The minimum absolute atomic E-state index is 0.00809. The lowest BCUT2D eigenvalue weighted by Gasteiger charge is -2.10. The zero-order valence-electron chi connectivity index (χ0n) is 12.6. The van der Waals surface area contributed by atoms with Crippen molar-refractivity contribution in [2.24, 2.45) is 0 Å². The summed E-state index contributed by atoms with van der Waals surface area (Å²) in [5, 5.41) is 20.2. The standard InChI is InChI=1S/C15H18ClN3O3/c1-8(2)14-18-19-15(22-14)9(3)17-13(21)7-10-4-5-12(20)11(16)6-10/h4-6,8-9,20H,7H2,1-3H3,(H,17,21). The molecule has 1 atom stereocenters. The van der Waals surface area contributed by atoms with Crippen molar-refractivity contribution in [1.29, 1.82) is 0 Å². The maximum Gasteiger partial charge on any atom is 0.238 e. The number of halogens is 1. The van der Waals surface area contributed by atoms with Crippen molar-refractivity contribution >= 4 is 17.5 Å². The van der Waals surface area contributed by atoms with Crippen LogP contribution in [-0.2, 0) is 11.2 Å². The van der Waals surface area contributed by atoms with E-state index in [0.29, 0.717) is 17.3 Å². The fourth-order valence-electron chi connectivity index (χ4n) is 1.85. The highest BCUT2D eigenvalue weighted by atomic mass is 35.5. The number of aromatic hydroxyl groups is 1. The highest BCUT2D eigenvalue weighted by Crippen LogP contribution is 2.24. The highest BCUT2D eigenvalue weighted by molar-refractivity contribution is 6.32. The first-order valence-corrected chi connectivity index (χ1v) is 7.34. The Morgan fingerprint density at radius 2 is 2.00 bits per heavy atom. The molecule has 1 aromatic heterocycles. The zero-order chi connectivity index (χ0) is 16.3. The predicted molar refractivity (Wildman–Crippen MR) is 81.8 cm³/mol. The summed E-state index contributed by atoms with van der Waals surface area (Å²) in [5.41, 5.74) is 0.709. The van der Waals surface area contributed by atoms with E-state index in [1.807, 2.05) is 13.8 Å². The topological polar surface area (TPSA) is 88.2 Å².